The molecule has 1 aliphatic heterocycles. The highest BCUT2D eigenvalue weighted by Gasteiger charge is 2.28. The Bertz CT molecular complexity index is 688. The first kappa shape index (κ1) is 15.9. The average molecular weight is 335 g/mol. The minimum atomic E-state index is -0.0898. The van der Waals surface area contributed by atoms with Crippen LogP contribution in [0.5, 0.6) is 5.75 Å². The van der Waals surface area contributed by atoms with Gasteiger partial charge in [0.05, 0.1) is 5.69 Å². The molecule has 6 heteroatoms. The van der Waals surface area contributed by atoms with E-state index in [1.807, 2.05) is 24.3 Å². The topological polar surface area (TPSA) is 55.6 Å². The molecule has 5 nitrogen and oxygen atoms in total. The highest BCUT2D eigenvalue weighted by molar-refractivity contribution is 6.30. The molecule has 0 atom stereocenters. The summed E-state index contributed by atoms with van der Waals surface area (Å²) < 4.78 is 11.4. The minimum Gasteiger partial charge on any atom is -0.490 e. The first-order valence-corrected chi connectivity index (χ1v) is 8.06. The Morgan fingerprint density at radius 1 is 1.26 bits per heavy atom. The van der Waals surface area contributed by atoms with E-state index < -0.39 is 0 Å². The van der Waals surface area contributed by atoms with Gasteiger partial charge < -0.3 is 14.1 Å². The lowest BCUT2D eigenvalue weighted by Crippen LogP contribution is -2.41. The van der Waals surface area contributed by atoms with Crippen LogP contribution in [0.15, 0.2) is 28.7 Å². The Morgan fingerprint density at radius 2 is 1.91 bits per heavy atom. The van der Waals surface area contributed by atoms with Crippen molar-refractivity contribution in [3.63, 3.8) is 0 Å². The fourth-order valence-electron chi connectivity index (χ4n) is 2.76. The standard InChI is InChI=1S/C17H19ClN2O3/c1-11-16(22-12(2)19-11)17(21)20-9-7-15(8-10-20)23-14-5-3-13(18)4-6-14/h3-6,15H,7-10H2,1-2H3. The first-order valence-electron chi connectivity index (χ1n) is 7.68. The molecule has 2 heterocycles. The highest BCUT2D eigenvalue weighted by Crippen LogP contribution is 2.22. The third-order valence-electron chi connectivity index (χ3n) is 3.94. The molecule has 0 bridgehead atoms. The number of ether oxygens (including phenoxy) is 1. The lowest BCUT2D eigenvalue weighted by molar-refractivity contribution is 0.0564. The van der Waals surface area contributed by atoms with E-state index in [9.17, 15) is 4.79 Å². The molecule has 0 saturated carbocycles. The van der Waals surface area contributed by atoms with Crippen LogP contribution in [-0.4, -0.2) is 35.0 Å². The van der Waals surface area contributed by atoms with Crippen LogP contribution < -0.4 is 4.74 Å². The second-order valence-corrected chi connectivity index (χ2v) is 6.15. The molecule has 1 aliphatic rings. The van der Waals surface area contributed by atoms with Gasteiger partial charge in [-0.3, -0.25) is 4.79 Å². The normalized spacial score (nSPS) is 15.7. The van der Waals surface area contributed by atoms with Gasteiger partial charge in [0.1, 0.15) is 11.9 Å². The van der Waals surface area contributed by atoms with Crippen molar-refractivity contribution in [3.8, 4) is 5.75 Å². The molecule has 0 radical (unpaired) electrons. The fraction of sp³-hybridized carbons (Fsp3) is 0.412. The molecule has 0 unspecified atom stereocenters. The van der Waals surface area contributed by atoms with Crippen molar-refractivity contribution in [1.82, 2.24) is 9.88 Å². The number of likely N-dealkylation sites (tertiary alicyclic amines) is 1. The summed E-state index contributed by atoms with van der Waals surface area (Å²) in [6, 6.07) is 7.34. The third kappa shape index (κ3) is 3.67. The molecule has 23 heavy (non-hydrogen) atoms. The lowest BCUT2D eigenvalue weighted by Gasteiger charge is -2.31. The van der Waals surface area contributed by atoms with Crippen molar-refractivity contribution in [2.75, 3.05) is 13.1 Å². The number of piperidine rings is 1. The van der Waals surface area contributed by atoms with Gasteiger partial charge in [0, 0.05) is 37.9 Å². The molecule has 122 valence electrons. The Labute approximate surface area is 140 Å². The van der Waals surface area contributed by atoms with E-state index in [4.69, 9.17) is 20.8 Å². The zero-order valence-corrected chi connectivity index (χ0v) is 14.0. The van der Waals surface area contributed by atoms with Gasteiger partial charge in [-0.2, -0.15) is 0 Å². The number of oxazole rings is 1. The minimum absolute atomic E-state index is 0.0898. The first-order chi connectivity index (χ1) is 11.0. The van der Waals surface area contributed by atoms with Crippen LogP contribution in [-0.2, 0) is 0 Å². The molecule has 1 amide bonds. The van der Waals surface area contributed by atoms with Crippen molar-refractivity contribution in [3.05, 3.63) is 46.6 Å². The number of halogens is 1. The number of carbonyl (C=O) groups is 1. The SMILES string of the molecule is Cc1nc(C)c(C(=O)N2CCC(Oc3ccc(Cl)cc3)CC2)o1. The molecule has 1 aromatic carbocycles. The monoisotopic (exact) mass is 334 g/mol. The van der Waals surface area contributed by atoms with Gasteiger partial charge in [-0.15, -0.1) is 0 Å². The maximum atomic E-state index is 12.5. The largest absolute Gasteiger partial charge is 0.490 e. The van der Waals surface area contributed by atoms with Crippen LogP contribution >= 0.6 is 11.6 Å². The summed E-state index contributed by atoms with van der Waals surface area (Å²) in [5, 5.41) is 0.690. The molecule has 0 N–H and O–H groups in total. The van der Waals surface area contributed by atoms with Crippen molar-refractivity contribution >= 4 is 17.5 Å². The van der Waals surface area contributed by atoms with E-state index >= 15 is 0 Å². The Kier molecular flexibility index (Phi) is 4.57. The van der Waals surface area contributed by atoms with Gasteiger partial charge in [0.2, 0.25) is 5.76 Å². The molecule has 3 rings (SSSR count). The van der Waals surface area contributed by atoms with Gasteiger partial charge in [-0.05, 0) is 31.2 Å². The van der Waals surface area contributed by atoms with Gasteiger partial charge in [0.25, 0.3) is 5.91 Å². The van der Waals surface area contributed by atoms with E-state index in [1.54, 1.807) is 18.7 Å². The quantitative estimate of drug-likeness (QED) is 0.860. The lowest BCUT2D eigenvalue weighted by atomic mass is 10.1. The molecular weight excluding hydrogens is 316 g/mol. The fourth-order valence-corrected chi connectivity index (χ4v) is 2.88. The van der Waals surface area contributed by atoms with E-state index in [2.05, 4.69) is 4.98 Å². The van der Waals surface area contributed by atoms with Crippen molar-refractivity contribution in [1.29, 1.82) is 0 Å². The number of benzene rings is 1. The van der Waals surface area contributed by atoms with Crippen LogP contribution in [0.25, 0.3) is 0 Å². The number of carbonyl (C=O) groups excluding carboxylic acids is 1. The molecule has 1 saturated heterocycles. The van der Waals surface area contributed by atoms with Gasteiger partial charge in [-0.1, -0.05) is 11.6 Å². The number of rotatable bonds is 3. The third-order valence-corrected chi connectivity index (χ3v) is 4.20. The zero-order valence-electron chi connectivity index (χ0n) is 13.2. The molecule has 0 aliphatic carbocycles. The molecule has 0 spiro atoms. The van der Waals surface area contributed by atoms with E-state index in [0.29, 0.717) is 35.5 Å². The van der Waals surface area contributed by atoms with Crippen LogP contribution in [0.2, 0.25) is 5.02 Å². The predicted molar refractivity (Wildman–Crippen MR) is 87.0 cm³/mol. The van der Waals surface area contributed by atoms with Gasteiger partial charge in [-0.25, -0.2) is 4.98 Å². The summed E-state index contributed by atoms with van der Waals surface area (Å²) >= 11 is 5.87. The summed E-state index contributed by atoms with van der Waals surface area (Å²) in [5.74, 6) is 1.58. The molecule has 1 aromatic heterocycles. The van der Waals surface area contributed by atoms with Gasteiger partial charge >= 0.3 is 0 Å². The van der Waals surface area contributed by atoms with Crippen molar-refractivity contribution < 1.29 is 13.9 Å². The van der Waals surface area contributed by atoms with Crippen molar-refractivity contribution in [2.24, 2.45) is 0 Å². The van der Waals surface area contributed by atoms with Crippen molar-refractivity contribution in [2.45, 2.75) is 32.8 Å². The van der Waals surface area contributed by atoms with Crippen LogP contribution in [0.1, 0.15) is 35.0 Å². The smallest absolute Gasteiger partial charge is 0.291 e. The number of nitrogens with zero attached hydrogens (tertiary/aromatic N) is 2. The molecular formula is C17H19ClN2O3. The number of aryl methyl sites for hydroxylation is 2. The highest BCUT2D eigenvalue weighted by atomic mass is 35.5. The van der Waals surface area contributed by atoms with Crippen LogP contribution in [0, 0.1) is 13.8 Å². The van der Waals surface area contributed by atoms with Gasteiger partial charge in [0.15, 0.2) is 5.89 Å². The second kappa shape index (κ2) is 6.62. The Morgan fingerprint density at radius 3 is 2.48 bits per heavy atom. The summed E-state index contributed by atoms with van der Waals surface area (Å²) in [7, 11) is 0. The van der Waals surface area contributed by atoms with E-state index in [-0.39, 0.29) is 12.0 Å². The molecule has 2 aromatic rings. The van der Waals surface area contributed by atoms with Crippen LogP contribution in [0.3, 0.4) is 0 Å². The number of hydrogen-bond donors (Lipinski definition) is 0. The molecule has 1 fully saturated rings. The summed E-state index contributed by atoms with van der Waals surface area (Å²) in [4.78, 5) is 18.4. The second-order valence-electron chi connectivity index (χ2n) is 5.71. The number of aromatic nitrogens is 1. The van der Waals surface area contributed by atoms with E-state index in [0.717, 1.165) is 18.6 Å². The van der Waals surface area contributed by atoms with E-state index in [1.165, 1.54) is 0 Å². The summed E-state index contributed by atoms with van der Waals surface area (Å²) in [6.45, 7) is 4.84. The van der Waals surface area contributed by atoms with Crippen LogP contribution in [0.4, 0.5) is 0 Å². The number of amides is 1. The predicted octanol–water partition coefficient (Wildman–Crippen LogP) is 3.63. The Balaban J connectivity index is 1.57. The zero-order chi connectivity index (χ0) is 16.4. The summed E-state index contributed by atoms with van der Waals surface area (Å²) in [6.07, 6.45) is 1.69. The average Bonchev–Trinajstić information content (AvgIpc) is 2.88. The maximum Gasteiger partial charge on any atom is 0.291 e. The summed E-state index contributed by atoms with van der Waals surface area (Å²) in [5.41, 5.74) is 0.645. The Hall–Kier alpha value is -2.01. The number of hydrogen-bond acceptors (Lipinski definition) is 4. The maximum absolute atomic E-state index is 12.5.